The maximum atomic E-state index is 13.8. The van der Waals surface area contributed by atoms with Gasteiger partial charge in [0, 0.05) is 19.6 Å². The Morgan fingerprint density at radius 3 is 2.55 bits per heavy atom. The number of sulfonamides is 1. The number of benzene rings is 2. The van der Waals surface area contributed by atoms with Crippen LogP contribution in [0.15, 0.2) is 59.5 Å². The first-order valence-corrected chi connectivity index (χ1v) is 15.0. The maximum absolute atomic E-state index is 13.8. The number of nitrogens with one attached hydrogen (secondary N) is 1. The minimum Gasteiger partial charge on any atom is -0.497 e. The number of aliphatic hydroxyl groups excluding tert-OH is 1. The van der Waals surface area contributed by atoms with Crippen LogP contribution in [0.4, 0.5) is 4.79 Å². The Morgan fingerprint density at radius 2 is 1.88 bits per heavy atom. The van der Waals surface area contributed by atoms with Crippen LogP contribution in [-0.4, -0.2) is 106 Å². The van der Waals surface area contributed by atoms with Crippen LogP contribution < -0.4 is 10.1 Å². The lowest BCUT2D eigenvalue weighted by molar-refractivity contribution is -0.0907. The average molecular weight is 576 g/mol. The third-order valence-corrected chi connectivity index (χ3v) is 9.73. The minimum absolute atomic E-state index is 0.0241. The molecule has 3 fully saturated rings. The monoisotopic (exact) mass is 575 g/mol. The first-order valence-electron chi connectivity index (χ1n) is 13.5. The van der Waals surface area contributed by atoms with E-state index in [0.29, 0.717) is 25.4 Å². The summed E-state index contributed by atoms with van der Waals surface area (Å²) in [5.41, 5.74) is 0.883. The van der Waals surface area contributed by atoms with E-state index in [9.17, 15) is 18.3 Å². The van der Waals surface area contributed by atoms with Gasteiger partial charge in [-0.15, -0.1) is 0 Å². The van der Waals surface area contributed by atoms with Gasteiger partial charge in [-0.05, 0) is 49.7 Å². The number of fused-ring (bicyclic) bond motifs is 1. The van der Waals surface area contributed by atoms with Crippen LogP contribution in [0.2, 0.25) is 0 Å². The van der Waals surface area contributed by atoms with E-state index < -0.39 is 34.4 Å². The van der Waals surface area contributed by atoms with Crippen molar-refractivity contribution in [1.82, 2.24) is 14.5 Å². The number of carbonyl (C=O) groups excluding carboxylic acids is 1. The standard InChI is InChI=1S/C28H37N3O8S/c1-30-15-20(16-30)31(40(34,35)22-10-8-21(36-2)9-11-22)17-25(32)24(14-19-6-4-3-5-7-19)29-28(33)39-26-18-38-27-23(26)12-13-37-27/h3-11,20,23-27,32H,12-18H2,1-2H3,(H,29,33)/t23?,24-,25+,26?,27+/m0/s1. The van der Waals surface area contributed by atoms with Gasteiger partial charge < -0.3 is 34.3 Å². The van der Waals surface area contributed by atoms with Crippen molar-refractivity contribution in [1.29, 1.82) is 0 Å². The topological polar surface area (TPSA) is 127 Å². The van der Waals surface area contributed by atoms with E-state index in [2.05, 4.69) is 5.32 Å². The van der Waals surface area contributed by atoms with Gasteiger partial charge in [-0.2, -0.15) is 4.31 Å². The van der Waals surface area contributed by atoms with Gasteiger partial charge >= 0.3 is 6.09 Å². The molecule has 12 heteroatoms. The van der Waals surface area contributed by atoms with E-state index in [1.165, 1.54) is 23.5 Å². The first-order chi connectivity index (χ1) is 19.2. The molecule has 2 aromatic carbocycles. The van der Waals surface area contributed by atoms with E-state index in [1.54, 1.807) is 12.1 Å². The Bertz CT molecular complexity index is 1240. The van der Waals surface area contributed by atoms with Gasteiger partial charge in [-0.3, -0.25) is 0 Å². The Morgan fingerprint density at radius 1 is 1.15 bits per heavy atom. The highest BCUT2D eigenvalue weighted by Gasteiger charge is 2.44. The molecule has 11 nitrogen and oxygen atoms in total. The average Bonchev–Trinajstić information content (AvgIpc) is 3.55. The highest BCUT2D eigenvalue weighted by atomic mass is 32.2. The molecule has 0 bridgehead atoms. The van der Waals surface area contributed by atoms with Gasteiger partial charge in [0.25, 0.3) is 0 Å². The lowest BCUT2D eigenvalue weighted by Crippen LogP contribution is -2.62. The third-order valence-electron chi connectivity index (χ3n) is 7.79. The number of likely N-dealkylation sites (tertiary alicyclic amines) is 1. The second-order valence-corrected chi connectivity index (χ2v) is 12.5. The van der Waals surface area contributed by atoms with Gasteiger partial charge in [0.05, 0.1) is 49.3 Å². The maximum Gasteiger partial charge on any atom is 0.407 e. The van der Waals surface area contributed by atoms with Crippen LogP contribution in [0.3, 0.4) is 0 Å². The molecule has 3 heterocycles. The molecule has 40 heavy (non-hydrogen) atoms. The first kappa shape index (κ1) is 28.8. The molecule has 2 N–H and O–H groups in total. The van der Waals surface area contributed by atoms with Crippen LogP contribution in [0, 0.1) is 5.92 Å². The number of aliphatic hydroxyl groups is 1. The normalized spacial score (nSPS) is 24.8. The smallest absolute Gasteiger partial charge is 0.407 e. The fraction of sp³-hybridized carbons (Fsp3) is 0.536. The number of likely N-dealkylation sites (N-methyl/N-ethyl adjacent to an activating group) is 1. The summed E-state index contributed by atoms with van der Waals surface area (Å²) in [6.45, 7) is 1.68. The van der Waals surface area contributed by atoms with E-state index in [4.69, 9.17) is 18.9 Å². The van der Waals surface area contributed by atoms with Gasteiger partial charge in [-0.1, -0.05) is 30.3 Å². The Kier molecular flexibility index (Phi) is 8.93. The highest BCUT2D eigenvalue weighted by molar-refractivity contribution is 7.89. The molecular formula is C28H37N3O8S. The molecule has 1 amide bonds. The third kappa shape index (κ3) is 6.42. The molecule has 0 aliphatic carbocycles. The van der Waals surface area contributed by atoms with Crippen LogP contribution >= 0.6 is 0 Å². The van der Waals surface area contributed by atoms with Crippen molar-refractivity contribution in [3.8, 4) is 5.75 Å². The van der Waals surface area contributed by atoms with E-state index in [1.807, 2.05) is 42.3 Å². The predicted molar refractivity (Wildman–Crippen MR) is 145 cm³/mol. The molecule has 3 aliphatic heterocycles. The minimum atomic E-state index is -3.95. The van der Waals surface area contributed by atoms with Crippen molar-refractivity contribution in [2.45, 2.75) is 48.3 Å². The van der Waals surface area contributed by atoms with Crippen LogP contribution in [0.1, 0.15) is 12.0 Å². The summed E-state index contributed by atoms with van der Waals surface area (Å²) in [5, 5.41) is 14.3. The molecule has 2 aromatic rings. The number of methoxy groups -OCH3 is 1. The molecule has 3 aliphatic rings. The lowest BCUT2D eigenvalue weighted by Gasteiger charge is -2.43. The molecule has 5 atom stereocenters. The van der Waals surface area contributed by atoms with Crippen molar-refractivity contribution in [3.05, 3.63) is 60.2 Å². The van der Waals surface area contributed by atoms with Crippen molar-refractivity contribution < 1.29 is 37.3 Å². The number of nitrogens with zero attached hydrogens (tertiary/aromatic N) is 2. The Hall–Kier alpha value is -2.74. The molecule has 0 radical (unpaired) electrons. The molecule has 0 aromatic heterocycles. The predicted octanol–water partition coefficient (Wildman–Crippen LogP) is 1.46. The van der Waals surface area contributed by atoms with Gasteiger partial charge in [0.1, 0.15) is 11.9 Å². The fourth-order valence-electron chi connectivity index (χ4n) is 5.51. The summed E-state index contributed by atoms with van der Waals surface area (Å²) in [5.74, 6) is 0.520. The lowest BCUT2D eigenvalue weighted by atomic mass is 10.0. The van der Waals surface area contributed by atoms with E-state index >= 15 is 0 Å². The fourth-order valence-corrected chi connectivity index (χ4v) is 7.13. The summed E-state index contributed by atoms with van der Waals surface area (Å²) >= 11 is 0. The summed E-state index contributed by atoms with van der Waals surface area (Å²) in [6.07, 6.45) is -1.68. The van der Waals surface area contributed by atoms with E-state index in [-0.39, 0.29) is 42.7 Å². The number of alkyl carbamates (subject to hydrolysis) is 1. The summed E-state index contributed by atoms with van der Waals surface area (Å²) in [4.78, 5) is 15.1. The molecule has 0 saturated carbocycles. The second kappa shape index (κ2) is 12.4. The van der Waals surface area contributed by atoms with E-state index in [0.717, 1.165) is 12.0 Å². The van der Waals surface area contributed by atoms with Crippen molar-refractivity contribution in [2.75, 3.05) is 47.0 Å². The van der Waals surface area contributed by atoms with Crippen LogP contribution in [0.25, 0.3) is 0 Å². The quantitative estimate of drug-likeness (QED) is 0.410. The largest absolute Gasteiger partial charge is 0.497 e. The number of carbonyl (C=O) groups is 1. The van der Waals surface area contributed by atoms with Crippen LogP contribution in [0.5, 0.6) is 5.75 Å². The number of rotatable bonds is 11. The van der Waals surface area contributed by atoms with Gasteiger partial charge in [0.2, 0.25) is 10.0 Å². The number of ether oxygens (including phenoxy) is 4. The molecular weight excluding hydrogens is 538 g/mol. The molecule has 0 spiro atoms. The van der Waals surface area contributed by atoms with Crippen molar-refractivity contribution in [3.63, 3.8) is 0 Å². The molecule has 218 valence electrons. The Labute approximate surface area is 235 Å². The molecule has 2 unspecified atom stereocenters. The number of amides is 1. The number of hydrogen-bond donors (Lipinski definition) is 2. The van der Waals surface area contributed by atoms with Crippen LogP contribution in [-0.2, 0) is 30.7 Å². The highest BCUT2D eigenvalue weighted by Crippen LogP contribution is 2.33. The summed E-state index contributed by atoms with van der Waals surface area (Å²) in [7, 11) is -0.526. The van der Waals surface area contributed by atoms with Gasteiger partial charge in [-0.25, -0.2) is 13.2 Å². The zero-order valence-electron chi connectivity index (χ0n) is 22.7. The van der Waals surface area contributed by atoms with Crippen molar-refractivity contribution >= 4 is 16.1 Å². The number of hydrogen-bond acceptors (Lipinski definition) is 9. The molecule has 5 rings (SSSR count). The zero-order valence-corrected chi connectivity index (χ0v) is 23.5. The van der Waals surface area contributed by atoms with Gasteiger partial charge in [0.15, 0.2) is 6.29 Å². The summed E-state index contributed by atoms with van der Waals surface area (Å²) in [6, 6.07) is 14.5. The van der Waals surface area contributed by atoms with Crippen molar-refractivity contribution in [2.24, 2.45) is 5.92 Å². The second-order valence-electron chi connectivity index (χ2n) is 10.6. The zero-order chi connectivity index (χ0) is 28.3. The summed E-state index contributed by atoms with van der Waals surface area (Å²) < 4.78 is 50.8. The SMILES string of the molecule is COc1ccc(S(=O)(=O)N(C[C@@H](O)[C@H](Cc2ccccc2)NC(=O)OC2CO[C@H]3OCCC23)C2CN(C)C2)cc1. The Balaban J connectivity index is 1.33. The molecule has 3 saturated heterocycles.